The zero-order valence-electron chi connectivity index (χ0n) is 9.14. The number of nitrogens with zero attached hydrogens (tertiary/aromatic N) is 3. The minimum atomic E-state index is -0.846. The first-order valence-corrected chi connectivity index (χ1v) is 4.81. The van der Waals surface area contributed by atoms with Crippen LogP contribution >= 0.6 is 0 Å². The van der Waals surface area contributed by atoms with Crippen LogP contribution in [-0.4, -0.2) is 31.9 Å². The van der Waals surface area contributed by atoms with E-state index in [0.717, 1.165) is 0 Å². The van der Waals surface area contributed by atoms with Crippen LogP contribution in [0.1, 0.15) is 19.7 Å². The molecule has 0 radical (unpaired) electrons. The van der Waals surface area contributed by atoms with Crippen LogP contribution in [0.15, 0.2) is 6.33 Å². The molecule has 0 saturated heterocycles. The van der Waals surface area contributed by atoms with Gasteiger partial charge >= 0.3 is 5.97 Å². The van der Waals surface area contributed by atoms with Crippen molar-refractivity contribution in [1.29, 1.82) is 0 Å². The maximum Gasteiger partial charge on any atom is 0.320 e. The standard InChI is InChI=1S/C9H16N4O2/c1-6(2)8(9(14)15)10-4-7-11-5-13(3)12-7/h5-6,8,10H,4H2,1-3H3,(H,14,15). The molecule has 0 aromatic carbocycles. The molecular formula is C9H16N4O2. The van der Waals surface area contributed by atoms with Gasteiger partial charge in [0, 0.05) is 7.05 Å². The summed E-state index contributed by atoms with van der Waals surface area (Å²) in [6.07, 6.45) is 1.59. The highest BCUT2D eigenvalue weighted by Gasteiger charge is 2.20. The van der Waals surface area contributed by atoms with Crippen molar-refractivity contribution in [3.8, 4) is 0 Å². The third-order valence-electron chi connectivity index (χ3n) is 2.06. The molecule has 2 N–H and O–H groups in total. The summed E-state index contributed by atoms with van der Waals surface area (Å²) < 4.78 is 1.59. The number of rotatable bonds is 5. The monoisotopic (exact) mass is 212 g/mol. The van der Waals surface area contributed by atoms with Crippen molar-refractivity contribution in [3.05, 3.63) is 12.2 Å². The van der Waals surface area contributed by atoms with E-state index in [-0.39, 0.29) is 5.92 Å². The topological polar surface area (TPSA) is 80.0 Å². The number of hydrogen-bond acceptors (Lipinski definition) is 4. The maximum absolute atomic E-state index is 10.9. The summed E-state index contributed by atoms with van der Waals surface area (Å²) in [4.78, 5) is 14.9. The molecule has 1 aromatic rings. The van der Waals surface area contributed by atoms with Crippen LogP contribution in [0.2, 0.25) is 0 Å². The van der Waals surface area contributed by atoms with E-state index in [1.807, 2.05) is 13.8 Å². The number of hydrogen-bond donors (Lipinski definition) is 2. The molecule has 0 bridgehead atoms. The predicted octanol–water partition coefficient (Wildman–Crippen LogP) is 0.0139. The zero-order chi connectivity index (χ0) is 11.4. The first-order chi connectivity index (χ1) is 7.00. The van der Waals surface area contributed by atoms with Crippen LogP contribution in [0.4, 0.5) is 0 Å². The SMILES string of the molecule is CC(C)C(NCc1ncn(C)n1)C(=O)O. The second-order valence-corrected chi connectivity index (χ2v) is 3.78. The van der Waals surface area contributed by atoms with E-state index in [2.05, 4.69) is 15.4 Å². The van der Waals surface area contributed by atoms with Crippen LogP contribution in [0.5, 0.6) is 0 Å². The number of carboxylic acid groups (broad SMARTS) is 1. The lowest BCUT2D eigenvalue weighted by Crippen LogP contribution is -2.40. The Morgan fingerprint density at radius 3 is 2.73 bits per heavy atom. The van der Waals surface area contributed by atoms with E-state index < -0.39 is 12.0 Å². The van der Waals surface area contributed by atoms with E-state index in [1.54, 1.807) is 18.1 Å². The minimum Gasteiger partial charge on any atom is -0.480 e. The highest BCUT2D eigenvalue weighted by atomic mass is 16.4. The number of carboxylic acids is 1. The van der Waals surface area contributed by atoms with E-state index in [0.29, 0.717) is 12.4 Å². The van der Waals surface area contributed by atoms with Crippen LogP contribution in [0.25, 0.3) is 0 Å². The van der Waals surface area contributed by atoms with E-state index in [9.17, 15) is 4.79 Å². The van der Waals surface area contributed by atoms with Gasteiger partial charge in [-0.2, -0.15) is 5.10 Å². The fourth-order valence-corrected chi connectivity index (χ4v) is 1.27. The van der Waals surface area contributed by atoms with Crippen molar-refractivity contribution in [3.63, 3.8) is 0 Å². The Labute approximate surface area is 88.3 Å². The number of nitrogens with one attached hydrogen (secondary N) is 1. The molecule has 1 atom stereocenters. The predicted molar refractivity (Wildman–Crippen MR) is 54.1 cm³/mol. The van der Waals surface area contributed by atoms with Gasteiger partial charge in [-0.05, 0) is 5.92 Å². The summed E-state index contributed by atoms with van der Waals surface area (Å²) >= 11 is 0. The lowest BCUT2D eigenvalue weighted by atomic mass is 10.1. The number of aliphatic carboxylic acids is 1. The Morgan fingerprint density at radius 2 is 2.33 bits per heavy atom. The highest BCUT2D eigenvalue weighted by molar-refractivity contribution is 5.73. The van der Waals surface area contributed by atoms with Gasteiger partial charge in [-0.3, -0.25) is 14.8 Å². The first kappa shape index (κ1) is 11.6. The van der Waals surface area contributed by atoms with Crippen LogP contribution < -0.4 is 5.32 Å². The van der Waals surface area contributed by atoms with Crippen molar-refractivity contribution in [2.45, 2.75) is 26.4 Å². The molecule has 0 aliphatic carbocycles. The van der Waals surface area contributed by atoms with Gasteiger partial charge in [0.15, 0.2) is 5.82 Å². The summed E-state index contributed by atoms with van der Waals surface area (Å²) in [6.45, 7) is 4.09. The normalized spacial score (nSPS) is 13.1. The molecule has 1 aromatic heterocycles. The third kappa shape index (κ3) is 3.32. The summed E-state index contributed by atoms with van der Waals surface area (Å²) in [5.74, 6) is -0.212. The Balaban J connectivity index is 2.50. The first-order valence-electron chi connectivity index (χ1n) is 4.81. The van der Waals surface area contributed by atoms with Gasteiger partial charge < -0.3 is 5.11 Å². The van der Waals surface area contributed by atoms with Gasteiger partial charge in [-0.1, -0.05) is 13.8 Å². The van der Waals surface area contributed by atoms with Gasteiger partial charge in [-0.15, -0.1) is 0 Å². The third-order valence-corrected chi connectivity index (χ3v) is 2.06. The summed E-state index contributed by atoms with van der Waals surface area (Å²) in [5, 5.41) is 15.9. The average Bonchev–Trinajstić information content (AvgIpc) is 2.50. The molecule has 84 valence electrons. The van der Waals surface area contributed by atoms with E-state index in [4.69, 9.17) is 5.11 Å². The summed E-state index contributed by atoms with van der Waals surface area (Å²) in [5.41, 5.74) is 0. The quantitative estimate of drug-likeness (QED) is 0.719. The molecule has 6 nitrogen and oxygen atoms in total. The summed E-state index contributed by atoms with van der Waals surface area (Å²) in [6, 6.07) is -0.561. The average molecular weight is 212 g/mol. The van der Waals surface area contributed by atoms with Crippen molar-refractivity contribution in [2.75, 3.05) is 0 Å². The molecule has 0 saturated carbocycles. The van der Waals surface area contributed by atoms with Gasteiger partial charge in [0.1, 0.15) is 12.4 Å². The summed E-state index contributed by atoms with van der Waals surface area (Å²) in [7, 11) is 1.77. The van der Waals surface area contributed by atoms with Crippen LogP contribution in [-0.2, 0) is 18.4 Å². The van der Waals surface area contributed by atoms with E-state index >= 15 is 0 Å². The van der Waals surface area contributed by atoms with Crippen molar-refractivity contribution in [1.82, 2.24) is 20.1 Å². The fraction of sp³-hybridized carbons (Fsp3) is 0.667. The molecule has 0 fully saturated rings. The smallest absolute Gasteiger partial charge is 0.320 e. The van der Waals surface area contributed by atoms with Crippen LogP contribution in [0, 0.1) is 5.92 Å². The van der Waals surface area contributed by atoms with Crippen LogP contribution in [0.3, 0.4) is 0 Å². The molecule has 0 spiro atoms. The molecular weight excluding hydrogens is 196 g/mol. The lowest BCUT2D eigenvalue weighted by Gasteiger charge is -2.16. The van der Waals surface area contributed by atoms with E-state index in [1.165, 1.54) is 0 Å². The largest absolute Gasteiger partial charge is 0.480 e. The van der Waals surface area contributed by atoms with Gasteiger partial charge in [0.2, 0.25) is 0 Å². The fourth-order valence-electron chi connectivity index (χ4n) is 1.27. The second kappa shape index (κ2) is 4.88. The number of aryl methyl sites for hydroxylation is 1. The highest BCUT2D eigenvalue weighted by Crippen LogP contribution is 2.02. The van der Waals surface area contributed by atoms with Gasteiger partial charge in [-0.25, -0.2) is 4.98 Å². The molecule has 0 aliphatic heterocycles. The Kier molecular flexibility index (Phi) is 3.79. The molecule has 6 heteroatoms. The molecule has 15 heavy (non-hydrogen) atoms. The zero-order valence-corrected chi connectivity index (χ0v) is 9.14. The number of carbonyl (C=O) groups is 1. The molecule has 1 heterocycles. The molecule has 0 aliphatic rings. The minimum absolute atomic E-state index is 0.0335. The second-order valence-electron chi connectivity index (χ2n) is 3.78. The van der Waals surface area contributed by atoms with Crippen molar-refractivity contribution in [2.24, 2.45) is 13.0 Å². The Bertz CT molecular complexity index is 335. The number of aromatic nitrogens is 3. The van der Waals surface area contributed by atoms with Crippen molar-refractivity contribution < 1.29 is 9.90 Å². The molecule has 0 amide bonds. The molecule has 1 rings (SSSR count). The van der Waals surface area contributed by atoms with Gasteiger partial charge in [0.05, 0.1) is 6.54 Å². The Morgan fingerprint density at radius 1 is 1.67 bits per heavy atom. The Hall–Kier alpha value is -1.43. The maximum atomic E-state index is 10.9. The van der Waals surface area contributed by atoms with Crippen molar-refractivity contribution >= 4 is 5.97 Å². The van der Waals surface area contributed by atoms with Gasteiger partial charge in [0.25, 0.3) is 0 Å². The lowest BCUT2D eigenvalue weighted by molar-refractivity contribution is -0.140. The molecule has 1 unspecified atom stereocenters.